The van der Waals surface area contributed by atoms with Crippen molar-refractivity contribution in [2.75, 3.05) is 6.61 Å². The van der Waals surface area contributed by atoms with Gasteiger partial charge in [-0.1, -0.05) is 6.92 Å². The van der Waals surface area contributed by atoms with Crippen molar-refractivity contribution in [2.24, 2.45) is 0 Å². The van der Waals surface area contributed by atoms with E-state index in [1.54, 1.807) is 0 Å². The molecule has 0 unspecified atom stereocenters. The summed E-state index contributed by atoms with van der Waals surface area (Å²) < 4.78 is 194. The molecule has 158 valence electrons. The molecule has 0 aromatic heterocycles. The van der Waals surface area contributed by atoms with Gasteiger partial charge in [0.2, 0.25) is 0 Å². The predicted octanol–water partition coefficient (Wildman–Crippen LogP) is 5.74. The zero-order chi connectivity index (χ0) is 21.6. The Hall–Kier alpha value is -1.09. The summed E-state index contributed by atoms with van der Waals surface area (Å²) in [6, 6.07) is 0. The van der Waals surface area contributed by atoms with Crippen molar-refractivity contribution in [3.63, 3.8) is 0 Å². The molecule has 0 N–H and O–H groups in total. The van der Waals surface area contributed by atoms with Crippen LogP contribution in [0.1, 0.15) is 13.3 Å². The minimum atomic E-state index is -8.40. The van der Waals surface area contributed by atoms with Gasteiger partial charge in [0.25, 0.3) is 0 Å². The number of halogens is 15. The minimum Gasteiger partial charge on any atom is -0.316 e. The zero-order valence-electron chi connectivity index (χ0n) is 12.0. The lowest BCUT2D eigenvalue weighted by atomic mass is 9.87. The van der Waals surface area contributed by atoms with Gasteiger partial charge < -0.3 is 4.74 Å². The van der Waals surface area contributed by atoms with Gasteiger partial charge in [-0.2, -0.15) is 61.5 Å². The van der Waals surface area contributed by atoms with Crippen LogP contribution in [0.4, 0.5) is 65.9 Å². The van der Waals surface area contributed by atoms with Gasteiger partial charge in [0.15, 0.2) is 0 Å². The van der Waals surface area contributed by atoms with Crippen molar-refractivity contribution in [2.45, 2.75) is 55.2 Å². The maximum absolute atomic E-state index is 13.2. The molecule has 0 heterocycles. The summed E-state index contributed by atoms with van der Waals surface area (Å²) in [5.41, 5.74) is -8.28. The summed E-state index contributed by atoms with van der Waals surface area (Å²) in [6.07, 6.45) is -23.1. The number of rotatable bonds is 7. The van der Waals surface area contributed by atoms with E-state index in [0.717, 1.165) is 6.92 Å². The van der Waals surface area contributed by atoms with E-state index >= 15 is 0 Å². The molecule has 1 nitrogen and oxygen atoms in total. The molecule has 0 aromatic carbocycles. The molecule has 0 spiro atoms. The lowest BCUT2D eigenvalue weighted by molar-refractivity contribution is -0.476. The van der Waals surface area contributed by atoms with Crippen LogP contribution in [0, 0.1) is 0 Å². The Morgan fingerprint density at radius 1 is 0.538 bits per heavy atom. The second-order valence-corrected chi connectivity index (χ2v) is 4.74. The summed E-state index contributed by atoms with van der Waals surface area (Å²) in [5.74, 6) is -24.2. The lowest BCUT2D eigenvalue weighted by Crippen LogP contribution is -2.75. The molecule has 26 heavy (non-hydrogen) atoms. The minimum absolute atomic E-state index is 0.619. The second kappa shape index (κ2) is 6.51. The molecule has 0 saturated heterocycles. The Morgan fingerprint density at radius 3 is 1.15 bits per heavy atom. The second-order valence-electron chi connectivity index (χ2n) is 4.74. The Morgan fingerprint density at radius 2 is 0.885 bits per heavy atom. The van der Waals surface area contributed by atoms with Crippen LogP contribution in [0.15, 0.2) is 0 Å². The molecule has 16 heteroatoms. The molecule has 0 radical (unpaired) electrons. The molecule has 0 saturated carbocycles. The number of hydrogen-bond acceptors (Lipinski definition) is 1. The zero-order valence-corrected chi connectivity index (χ0v) is 12.0. The monoisotopic (exact) mass is 428 g/mol. The summed E-state index contributed by atoms with van der Waals surface area (Å²) in [6.45, 7) is -0.607. The SMILES string of the molecule is CCCOC(F)(F)C(F)(F)C(F)(F)C(F)(F)C(F)(C(F)(F)F)C(F)(F)F. The molecule has 0 aliphatic rings. The third-order valence-electron chi connectivity index (χ3n) is 2.86. The standard InChI is InChI=1S/C10H7F15O/c1-2-3-26-10(24,25)7(16,17)6(14,15)5(12,13)4(11,8(18,19)20)9(21,22)23/h2-3H2,1H3. The number of ether oxygens (including phenoxy) is 1. The smallest absolute Gasteiger partial charge is 0.316 e. The van der Waals surface area contributed by atoms with Crippen molar-refractivity contribution >= 4 is 0 Å². The summed E-state index contributed by atoms with van der Waals surface area (Å²) >= 11 is 0. The van der Waals surface area contributed by atoms with Gasteiger partial charge >= 0.3 is 41.9 Å². The fraction of sp³-hybridized carbons (Fsp3) is 1.00. The highest BCUT2D eigenvalue weighted by Crippen LogP contribution is 2.63. The highest BCUT2D eigenvalue weighted by Gasteiger charge is 2.95. The van der Waals surface area contributed by atoms with Gasteiger partial charge in [-0.3, -0.25) is 0 Å². The van der Waals surface area contributed by atoms with Crippen LogP contribution >= 0.6 is 0 Å². The molecule has 0 bridgehead atoms. The van der Waals surface area contributed by atoms with Crippen LogP contribution in [-0.2, 0) is 4.74 Å². The summed E-state index contributed by atoms with van der Waals surface area (Å²) in [4.78, 5) is 0. The van der Waals surface area contributed by atoms with E-state index < -0.39 is 54.9 Å². The van der Waals surface area contributed by atoms with Crippen LogP contribution in [-0.4, -0.2) is 48.5 Å². The molecule has 0 rings (SSSR count). The normalized spacial score (nSPS) is 16.2. The van der Waals surface area contributed by atoms with E-state index in [9.17, 15) is 65.9 Å². The van der Waals surface area contributed by atoms with E-state index in [1.165, 1.54) is 0 Å². The topological polar surface area (TPSA) is 9.23 Å². The summed E-state index contributed by atoms with van der Waals surface area (Å²) in [5, 5.41) is 0. The molecule has 0 atom stereocenters. The third kappa shape index (κ3) is 3.28. The fourth-order valence-electron chi connectivity index (χ4n) is 1.43. The predicted molar refractivity (Wildman–Crippen MR) is 52.0 cm³/mol. The molecule has 0 aliphatic carbocycles. The molecule has 0 fully saturated rings. The van der Waals surface area contributed by atoms with Crippen LogP contribution in [0.5, 0.6) is 0 Å². The van der Waals surface area contributed by atoms with Gasteiger partial charge in [0.1, 0.15) is 0 Å². The quantitative estimate of drug-likeness (QED) is 0.470. The third-order valence-corrected chi connectivity index (χ3v) is 2.86. The van der Waals surface area contributed by atoms with Crippen molar-refractivity contribution in [1.82, 2.24) is 0 Å². The average molecular weight is 428 g/mol. The van der Waals surface area contributed by atoms with E-state index in [1.807, 2.05) is 0 Å². The molecular weight excluding hydrogens is 421 g/mol. The van der Waals surface area contributed by atoms with Crippen molar-refractivity contribution in [3.05, 3.63) is 0 Å². The van der Waals surface area contributed by atoms with E-state index in [0.29, 0.717) is 0 Å². The van der Waals surface area contributed by atoms with Crippen molar-refractivity contribution < 1.29 is 70.6 Å². The fourth-order valence-corrected chi connectivity index (χ4v) is 1.43. The van der Waals surface area contributed by atoms with Gasteiger partial charge in [0, 0.05) is 0 Å². The van der Waals surface area contributed by atoms with E-state index in [4.69, 9.17) is 0 Å². The largest absolute Gasteiger partial charge is 0.438 e. The average Bonchev–Trinajstić information content (AvgIpc) is 2.40. The first-order valence-corrected chi connectivity index (χ1v) is 6.03. The Labute approximate surface area is 134 Å². The number of hydrogen-bond donors (Lipinski definition) is 0. The van der Waals surface area contributed by atoms with E-state index in [-0.39, 0.29) is 0 Å². The first kappa shape index (κ1) is 24.9. The van der Waals surface area contributed by atoms with Crippen LogP contribution in [0.3, 0.4) is 0 Å². The van der Waals surface area contributed by atoms with Crippen molar-refractivity contribution in [1.29, 1.82) is 0 Å². The van der Waals surface area contributed by atoms with Crippen LogP contribution in [0.25, 0.3) is 0 Å². The number of alkyl halides is 15. The lowest BCUT2D eigenvalue weighted by Gasteiger charge is -2.42. The molecule has 0 amide bonds. The highest BCUT2D eigenvalue weighted by molar-refractivity contribution is 5.15. The van der Waals surface area contributed by atoms with Crippen molar-refractivity contribution in [3.8, 4) is 0 Å². The Kier molecular flexibility index (Phi) is 6.24. The molecule has 0 aromatic rings. The summed E-state index contributed by atoms with van der Waals surface area (Å²) in [7, 11) is 0. The van der Waals surface area contributed by atoms with Gasteiger partial charge in [-0.05, 0) is 6.42 Å². The highest BCUT2D eigenvalue weighted by atomic mass is 19.4. The van der Waals surface area contributed by atoms with Crippen LogP contribution < -0.4 is 0 Å². The Bertz CT molecular complexity index is 474. The first-order chi connectivity index (χ1) is 11.1. The Balaban J connectivity index is 6.55. The van der Waals surface area contributed by atoms with E-state index in [2.05, 4.69) is 4.74 Å². The van der Waals surface area contributed by atoms with Crippen LogP contribution in [0.2, 0.25) is 0 Å². The van der Waals surface area contributed by atoms with Gasteiger partial charge in [-0.25, -0.2) is 4.39 Å². The first-order valence-electron chi connectivity index (χ1n) is 6.03. The maximum atomic E-state index is 13.2. The molecular formula is C10H7F15O. The van der Waals surface area contributed by atoms with Gasteiger partial charge in [-0.15, -0.1) is 0 Å². The maximum Gasteiger partial charge on any atom is 0.438 e. The van der Waals surface area contributed by atoms with Gasteiger partial charge in [0.05, 0.1) is 6.61 Å². The molecule has 0 aliphatic heterocycles.